The Hall–Kier alpha value is -9.20. The lowest BCUT2D eigenvalue weighted by atomic mass is 9.84. The SMILES string of the molecule is CC[C@H](C)[C@@H]1NC(=O)[C@H](CCCN=C(N)N)NC(=O)CNC(=O)CNC(=O)[C@H](CC2CCCCC2)NC(=O)[C@@H](NC(=O)[C@@H](N)CCCN=C(N)N)CSSC(C)(C)[C@@H](C(N)=O)NC(=O)[C@H](Cc2ccccc2)NC(=O)[C@H]([C@@H](C)CC)NC(=O)[C@H](CCCN=C(N)N)NC(=O)[C@H](CC(=O)O)NC1=O. The van der Waals surface area contributed by atoms with Crippen molar-refractivity contribution in [1.29, 1.82) is 0 Å². The number of carboxylic acid groups (broad SMARTS) is 1. The number of carboxylic acids is 1. The minimum atomic E-state index is -1.92. The fraction of sp³-hybridized carbons (Fsp3) is 0.656. The van der Waals surface area contributed by atoms with Gasteiger partial charge in [0.1, 0.15) is 54.4 Å². The topological polar surface area (TPSA) is 620 Å². The molecule has 1 aliphatic heterocycles. The Morgan fingerprint density at radius 3 is 1.58 bits per heavy atom. The standard InChI is InChI=1S/C64H108N22O14S2/c1-7-34(3)48-59(99)81-42(29-37-20-13-10-14-21-37)57(97)86-50(51(66)91)64(5,6)102-101-33-44(83-52(92)38(65)22-15-25-73-61(67)68)58(98)80-41(28-36-18-11-9-12-19-36)53(93)77-31-45(87)76-32-46(88)78-39(23-16-26-74-62(69)70)54(94)84-49(35(4)8-2)60(100)82-43(30-47(89)90)56(96)79-40(55(95)85-48)24-17-27-75-63(71)72/h10,13-14,20-21,34-36,38-44,48-50H,7-9,11-12,15-19,22-33,65H2,1-6H3,(H2,66,91)(H,76,87)(H,77,93)(H,78,88)(H,79,96)(H,80,98)(H,81,99)(H,82,100)(H,83,92)(H,84,94)(H,85,95)(H,86,97)(H,89,90)(H4,67,68,73)(H4,69,70,74)(H4,71,72,75)/t34-,35-,38-,39-,40-,41-,42-,43-,44-,48-,49-,50+/m0/s1. The number of carbonyl (C=O) groups is 13. The summed E-state index contributed by atoms with van der Waals surface area (Å²) >= 11 is 0. The average molecular weight is 1470 g/mol. The number of hydrogen-bond donors (Lipinski definition) is 20. The summed E-state index contributed by atoms with van der Waals surface area (Å²) in [6, 6.07) is -6.34. The van der Waals surface area contributed by atoms with E-state index >= 15 is 0 Å². The number of hydrogen-bond acceptors (Lipinski definition) is 19. The van der Waals surface area contributed by atoms with Crippen molar-refractivity contribution in [2.45, 2.75) is 209 Å². The van der Waals surface area contributed by atoms with Crippen molar-refractivity contribution in [3.8, 4) is 0 Å². The van der Waals surface area contributed by atoms with Crippen LogP contribution in [-0.2, 0) is 68.7 Å². The molecule has 0 aromatic heterocycles. The van der Waals surface area contributed by atoms with Crippen LogP contribution >= 0.6 is 21.6 Å². The van der Waals surface area contributed by atoms with E-state index in [1.54, 1.807) is 71.9 Å². The summed E-state index contributed by atoms with van der Waals surface area (Å²) in [5.74, 6) is -15.1. The fourth-order valence-electron chi connectivity index (χ4n) is 11.0. The molecule has 1 saturated carbocycles. The van der Waals surface area contributed by atoms with Crippen LogP contribution in [-0.4, -0.2) is 203 Å². The molecule has 12 atom stereocenters. The van der Waals surface area contributed by atoms with E-state index in [9.17, 15) is 67.4 Å². The van der Waals surface area contributed by atoms with Gasteiger partial charge < -0.3 is 109 Å². The number of nitrogens with two attached hydrogens (primary N) is 8. The maximum absolute atomic E-state index is 14.8. The van der Waals surface area contributed by atoms with Gasteiger partial charge in [0.25, 0.3) is 0 Å². The van der Waals surface area contributed by atoms with E-state index in [0.717, 1.165) is 53.7 Å². The number of benzene rings is 1. The van der Waals surface area contributed by atoms with E-state index in [2.05, 4.69) is 73.5 Å². The van der Waals surface area contributed by atoms with Gasteiger partial charge in [-0.15, -0.1) is 0 Å². The van der Waals surface area contributed by atoms with Crippen LogP contribution < -0.4 is 104 Å². The third kappa shape index (κ3) is 32.2. The van der Waals surface area contributed by atoms with Crippen molar-refractivity contribution < 1.29 is 67.4 Å². The first-order valence-corrected chi connectivity index (χ1v) is 36.5. The molecule has 3 rings (SSSR count). The molecule has 0 spiro atoms. The Kier molecular flexibility index (Phi) is 38.3. The largest absolute Gasteiger partial charge is 0.481 e. The second kappa shape index (κ2) is 44.9. The zero-order valence-electron chi connectivity index (χ0n) is 59.0. The molecule has 102 heavy (non-hydrogen) atoms. The molecule has 0 bridgehead atoms. The lowest BCUT2D eigenvalue weighted by Gasteiger charge is -2.34. The minimum absolute atomic E-state index is 0.0158. The van der Waals surface area contributed by atoms with E-state index in [0.29, 0.717) is 5.56 Å². The molecule has 38 heteroatoms. The molecule has 2 aliphatic rings. The van der Waals surface area contributed by atoms with E-state index in [1.807, 2.05) is 0 Å². The van der Waals surface area contributed by atoms with Crippen LogP contribution in [0.15, 0.2) is 45.3 Å². The van der Waals surface area contributed by atoms with Gasteiger partial charge in [0.2, 0.25) is 70.9 Å². The summed E-state index contributed by atoms with van der Waals surface area (Å²) in [7, 11) is 1.98. The van der Waals surface area contributed by atoms with Crippen molar-refractivity contribution in [2.75, 3.05) is 38.5 Å². The van der Waals surface area contributed by atoms with Crippen LogP contribution in [0.5, 0.6) is 0 Å². The van der Waals surface area contributed by atoms with Crippen LogP contribution in [0.25, 0.3) is 0 Å². The maximum Gasteiger partial charge on any atom is 0.305 e. The zero-order chi connectivity index (χ0) is 76.2. The normalized spacial score (nSPS) is 24.2. The Morgan fingerprint density at radius 1 is 0.578 bits per heavy atom. The first-order chi connectivity index (χ1) is 48.2. The number of carbonyl (C=O) groups excluding carboxylic acids is 12. The molecule has 1 aromatic carbocycles. The molecule has 1 aliphatic carbocycles. The number of amides is 12. The summed E-state index contributed by atoms with van der Waals surface area (Å²) in [4.78, 5) is 195. The molecular formula is C64H108N22O14S2. The zero-order valence-corrected chi connectivity index (χ0v) is 60.6. The molecule has 36 nitrogen and oxygen atoms in total. The summed E-state index contributed by atoms with van der Waals surface area (Å²) in [6.45, 7) is 8.35. The molecule has 28 N–H and O–H groups in total. The van der Waals surface area contributed by atoms with Gasteiger partial charge in [-0.2, -0.15) is 0 Å². The first-order valence-electron chi connectivity index (χ1n) is 34.2. The van der Waals surface area contributed by atoms with Gasteiger partial charge in [-0.1, -0.05) is 125 Å². The first kappa shape index (κ1) is 87.0. The van der Waals surface area contributed by atoms with E-state index in [4.69, 9.17) is 45.9 Å². The number of nitrogens with zero attached hydrogens (tertiary/aromatic N) is 3. The second-order valence-corrected chi connectivity index (χ2v) is 29.0. The highest BCUT2D eigenvalue weighted by molar-refractivity contribution is 8.77. The Labute approximate surface area is 602 Å². The highest BCUT2D eigenvalue weighted by Gasteiger charge is 2.41. The average Bonchev–Trinajstić information content (AvgIpc) is 0.833. The third-order valence-corrected chi connectivity index (χ3v) is 20.5. The molecule has 0 unspecified atom stereocenters. The van der Waals surface area contributed by atoms with Crippen molar-refractivity contribution in [1.82, 2.24) is 58.5 Å². The summed E-state index contributed by atoms with van der Waals surface area (Å²) < 4.78 is -1.36. The Balaban J connectivity index is 2.27. The molecule has 2 fully saturated rings. The lowest BCUT2D eigenvalue weighted by molar-refractivity contribution is -0.142. The van der Waals surface area contributed by atoms with Gasteiger partial charge >= 0.3 is 5.97 Å². The van der Waals surface area contributed by atoms with Crippen molar-refractivity contribution in [3.63, 3.8) is 0 Å². The number of aliphatic imine (C=N–C) groups is 3. The molecule has 1 saturated heterocycles. The van der Waals surface area contributed by atoms with E-state index in [1.165, 1.54) is 0 Å². The number of aliphatic carboxylic acids is 1. The Bertz CT molecular complexity index is 3090. The van der Waals surface area contributed by atoms with Crippen molar-refractivity contribution >= 4 is 116 Å². The number of rotatable bonds is 25. The van der Waals surface area contributed by atoms with Crippen LogP contribution in [0.1, 0.15) is 143 Å². The monoisotopic (exact) mass is 1470 g/mol. The predicted octanol–water partition coefficient (Wildman–Crippen LogP) is -4.49. The Morgan fingerprint density at radius 2 is 1.06 bits per heavy atom. The molecule has 12 amide bonds. The van der Waals surface area contributed by atoms with E-state index < -0.39 is 173 Å². The van der Waals surface area contributed by atoms with Gasteiger partial charge in [-0.25, -0.2) is 0 Å². The van der Waals surface area contributed by atoms with Gasteiger partial charge in [0, 0.05) is 36.6 Å². The van der Waals surface area contributed by atoms with Gasteiger partial charge in [0.05, 0.1) is 25.6 Å². The van der Waals surface area contributed by atoms with Crippen LogP contribution in [0.2, 0.25) is 0 Å². The number of primary amides is 1. The van der Waals surface area contributed by atoms with E-state index in [-0.39, 0.29) is 113 Å². The molecular weight excluding hydrogens is 1360 g/mol. The summed E-state index contributed by atoms with van der Waals surface area (Å²) in [6.07, 6.45) is 3.52. The lowest BCUT2D eigenvalue weighted by Crippen LogP contribution is -2.62. The molecule has 1 heterocycles. The molecule has 0 radical (unpaired) electrons. The van der Waals surface area contributed by atoms with Crippen LogP contribution in [0, 0.1) is 17.8 Å². The van der Waals surface area contributed by atoms with Gasteiger partial charge in [-0.3, -0.25) is 77.3 Å². The smallest absolute Gasteiger partial charge is 0.305 e. The second-order valence-electron chi connectivity index (χ2n) is 26.0. The highest BCUT2D eigenvalue weighted by atomic mass is 33.1. The molecule has 1 aromatic rings. The summed E-state index contributed by atoms with van der Waals surface area (Å²) in [5, 5.41) is 38.7. The van der Waals surface area contributed by atoms with Gasteiger partial charge in [-0.05, 0) is 82.1 Å². The fourth-order valence-corrected chi connectivity index (χ4v) is 13.8. The predicted molar refractivity (Wildman–Crippen MR) is 387 cm³/mol. The summed E-state index contributed by atoms with van der Waals surface area (Å²) in [5.41, 5.74) is 46.1. The molecule has 570 valence electrons. The minimum Gasteiger partial charge on any atom is -0.481 e. The third-order valence-electron chi connectivity index (χ3n) is 17.2. The number of guanidine groups is 3. The van der Waals surface area contributed by atoms with Crippen molar-refractivity contribution in [2.24, 2.45) is 78.6 Å². The van der Waals surface area contributed by atoms with Gasteiger partial charge in [0.15, 0.2) is 17.9 Å². The maximum atomic E-state index is 14.8. The van der Waals surface area contributed by atoms with Crippen LogP contribution in [0.4, 0.5) is 0 Å². The number of nitrogens with one attached hydrogen (secondary N) is 11. The quantitative estimate of drug-likeness (QED) is 0.0190. The van der Waals surface area contributed by atoms with Crippen LogP contribution in [0.3, 0.4) is 0 Å². The van der Waals surface area contributed by atoms with Crippen molar-refractivity contribution in [3.05, 3.63) is 35.9 Å². The highest BCUT2D eigenvalue weighted by Crippen LogP contribution is 2.39.